The Kier molecular flexibility index (Phi) is 6.76. The van der Waals surface area contributed by atoms with Crippen molar-refractivity contribution in [2.45, 2.75) is 39.7 Å². The van der Waals surface area contributed by atoms with Crippen molar-refractivity contribution in [1.82, 2.24) is 0 Å². The van der Waals surface area contributed by atoms with E-state index in [9.17, 15) is 0 Å². The maximum atomic E-state index is 5.88. The maximum Gasteiger partial charge on any atom is 0.122 e. The van der Waals surface area contributed by atoms with Gasteiger partial charge in [-0.25, -0.2) is 0 Å². The summed E-state index contributed by atoms with van der Waals surface area (Å²) < 4.78 is 11.0. The minimum atomic E-state index is 0.145. The average Bonchev–Trinajstić information content (AvgIpc) is 2.32. The molecule has 102 valence electrons. The molecular formula is C15H25NO2. The summed E-state index contributed by atoms with van der Waals surface area (Å²) in [4.78, 5) is 0. The summed E-state index contributed by atoms with van der Waals surface area (Å²) in [7, 11) is 0. The molecule has 0 aromatic heterocycles. The van der Waals surface area contributed by atoms with Crippen molar-refractivity contribution in [3.8, 4) is 5.75 Å². The van der Waals surface area contributed by atoms with Crippen molar-refractivity contribution in [2.75, 3.05) is 19.8 Å². The van der Waals surface area contributed by atoms with Crippen LogP contribution in [0.15, 0.2) is 18.2 Å². The topological polar surface area (TPSA) is 44.5 Å². The van der Waals surface area contributed by atoms with E-state index in [1.54, 1.807) is 0 Å². The highest BCUT2D eigenvalue weighted by molar-refractivity contribution is 5.38. The first-order valence-corrected chi connectivity index (χ1v) is 6.75. The van der Waals surface area contributed by atoms with Gasteiger partial charge in [0.05, 0.1) is 13.2 Å². The molecule has 2 N–H and O–H groups in total. The van der Waals surface area contributed by atoms with Crippen molar-refractivity contribution in [1.29, 1.82) is 0 Å². The lowest BCUT2D eigenvalue weighted by atomic mass is 10.0. The molecule has 0 aliphatic carbocycles. The number of rotatable bonds is 8. The molecule has 1 rings (SSSR count). The summed E-state index contributed by atoms with van der Waals surface area (Å²) in [5.74, 6) is 0.954. The van der Waals surface area contributed by atoms with Gasteiger partial charge in [0.1, 0.15) is 5.75 Å². The molecule has 1 unspecified atom stereocenters. The first-order chi connectivity index (χ1) is 8.67. The molecule has 1 aromatic carbocycles. The van der Waals surface area contributed by atoms with E-state index < -0.39 is 0 Å². The lowest BCUT2D eigenvalue weighted by Gasteiger charge is -2.14. The lowest BCUT2D eigenvalue weighted by Crippen LogP contribution is -2.18. The van der Waals surface area contributed by atoms with Gasteiger partial charge in [-0.3, -0.25) is 0 Å². The number of hydrogen-bond donors (Lipinski definition) is 1. The van der Waals surface area contributed by atoms with E-state index in [-0.39, 0.29) is 6.04 Å². The van der Waals surface area contributed by atoms with E-state index >= 15 is 0 Å². The zero-order chi connectivity index (χ0) is 13.4. The van der Waals surface area contributed by atoms with Gasteiger partial charge in [0, 0.05) is 12.6 Å². The Morgan fingerprint density at radius 1 is 1.22 bits per heavy atom. The van der Waals surface area contributed by atoms with Crippen LogP contribution in [0.4, 0.5) is 0 Å². The second-order valence-electron chi connectivity index (χ2n) is 4.50. The van der Waals surface area contributed by atoms with Gasteiger partial charge < -0.3 is 15.2 Å². The highest BCUT2D eigenvalue weighted by atomic mass is 16.5. The molecule has 0 saturated carbocycles. The number of benzene rings is 1. The summed E-state index contributed by atoms with van der Waals surface area (Å²) >= 11 is 0. The number of hydrogen-bond acceptors (Lipinski definition) is 3. The molecule has 0 aliphatic rings. The fourth-order valence-corrected chi connectivity index (χ4v) is 1.93. The van der Waals surface area contributed by atoms with Gasteiger partial charge >= 0.3 is 0 Å². The van der Waals surface area contributed by atoms with Gasteiger partial charge in [-0.2, -0.15) is 0 Å². The normalized spacial score (nSPS) is 12.4. The molecular weight excluding hydrogens is 226 g/mol. The van der Waals surface area contributed by atoms with Gasteiger partial charge in [-0.1, -0.05) is 12.1 Å². The summed E-state index contributed by atoms with van der Waals surface area (Å²) in [6.45, 7) is 8.25. The van der Waals surface area contributed by atoms with Crippen LogP contribution in [0.25, 0.3) is 0 Å². The van der Waals surface area contributed by atoms with Gasteiger partial charge in [0.25, 0.3) is 0 Å². The Hall–Kier alpha value is -1.06. The van der Waals surface area contributed by atoms with Gasteiger partial charge in [-0.15, -0.1) is 0 Å². The highest BCUT2D eigenvalue weighted by Gasteiger charge is 2.07. The first-order valence-electron chi connectivity index (χ1n) is 6.75. The van der Waals surface area contributed by atoms with Crippen LogP contribution in [0.2, 0.25) is 0 Å². The molecule has 0 fully saturated rings. The third-order valence-corrected chi connectivity index (χ3v) is 2.71. The van der Waals surface area contributed by atoms with Crippen LogP contribution < -0.4 is 10.5 Å². The van der Waals surface area contributed by atoms with Crippen LogP contribution in [0.1, 0.15) is 31.9 Å². The zero-order valence-corrected chi connectivity index (χ0v) is 11.7. The second-order valence-corrected chi connectivity index (χ2v) is 4.50. The zero-order valence-electron chi connectivity index (χ0n) is 11.7. The van der Waals surface area contributed by atoms with E-state index in [0.29, 0.717) is 6.61 Å². The van der Waals surface area contributed by atoms with Crippen molar-refractivity contribution < 1.29 is 9.47 Å². The molecule has 0 radical (unpaired) electrons. The van der Waals surface area contributed by atoms with Crippen LogP contribution in [0, 0.1) is 0 Å². The lowest BCUT2D eigenvalue weighted by molar-refractivity contribution is 0.151. The Balaban J connectivity index is 2.76. The quantitative estimate of drug-likeness (QED) is 0.722. The minimum absolute atomic E-state index is 0.145. The monoisotopic (exact) mass is 251 g/mol. The Labute approximate surface area is 110 Å². The first kappa shape index (κ1) is 15.0. The van der Waals surface area contributed by atoms with E-state index in [0.717, 1.165) is 31.8 Å². The van der Waals surface area contributed by atoms with E-state index in [1.807, 2.05) is 26.8 Å². The van der Waals surface area contributed by atoms with Crippen LogP contribution in [-0.2, 0) is 17.6 Å². The Morgan fingerprint density at radius 2 is 2.00 bits per heavy atom. The smallest absolute Gasteiger partial charge is 0.122 e. The van der Waals surface area contributed by atoms with Crippen molar-refractivity contribution in [3.63, 3.8) is 0 Å². The average molecular weight is 251 g/mol. The van der Waals surface area contributed by atoms with Crippen molar-refractivity contribution in [3.05, 3.63) is 29.3 Å². The van der Waals surface area contributed by atoms with Crippen LogP contribution in [-0.4, -0.2) is 25.9 Å². The molecule has 3 heteroatoms. The van der Waals surface area contributed by atoms with Crippen LogP contribution >= 0.6 is 0 Å². The summed E-state index contributed by atoms with van der Waals surface area (Å²) in [5.41, 5.74) is 8.36. The van der Waals surface area contributed by atoms with Gasteiger partial charge in [0.2, 0.25) is 0 Å². The van der Waals surface area contributed by atoms with Crippen LogP contribution in [0.5, 0.6) is 5.75 Å². The van der Waals surface area contributed by atoms with Crippen LogP contribution in [0.3, 0.4) is 0 Å². The molecule has 0 aliphatic heterocycles. The Bertz CT molecular complexity index is 350. The largest absolute Gasteiger partial charge is 0.494 e. The maximum absolute atomic E-state index is 5.88. The predicted molar refractivity (Wildman–Crippen MR) is 75.2 cm³/mol. The third kappa shape index (κ3) is 5.07. The highest BCUT2D eigenvalue weighted by Crippen LogP contribution is 2.22. The molecule has 18 heavy (non-hydrogen) atoms. The SMILES string of the molecule is CCOCCc1ccc(OCC)c(CC(C)N)c1. The number of ether oxygens (including phenoxy) is 2. The fraction of sp³-hybridized carbons (Fsp3) is 0.600. The van der Waals surface area contributed by atoms with E-state index in [2.05, 4.69) is 12.1 Å². The van der Waals surface area contributed by atoms with Crippen molar-refractivity contribution >= 4 is 0 Å². The molecule has 0 amide bonds. The van der Waals surface area contributed by atoms with E-state index in [4.69, 9.17) is 15.2 Å². The molecule has 0 heterocycles. The molecule has 1 atom stereocenters. The molecule has 0 bridgehead atoms. The molecule has 3 nitrogen and oxygen atoms in total. The summed E-state index contributed by atoms with van der Waals surface area (Å²) in [6.07, 6.45) is 1.78. The third-order valence-electron chi connectivity index (χ3n) is 2.71. The molecule has 1 aromatic rings. The van der Waals surface area contributed by atoms with Gasteiger partial charge in [-0.05, 0) is 50.8 Å². The second kappa shape index (κ2) is 8.11. The predicted octanol–water partition coefficient (Wildman–Crippen LogP) is 2.55. The summed E-state index contributed by atoms with van der Waals surface area (Å²) in [5, 5.41) is 0. The van der Waals surface area contributed by atoms with Gasteiger partial charge in [0.15, 0.2) is 0 Å². The summed E-state index contributed by atoms with van der Waals surface area (Å²) in [6, 6.07) is 6.48. The Morgan fingerprint density at radius 3 is 2.61 bits per heavy atom. The molecule has 0 saturated heterocycles. The van der Waals surface area contributed by atoms with E-state index in [1.165, 1.54) is 11.1 Å². The standard InChI is InChI=1S/C15H25NO2/c1-4-17-9-8-13-6-7-15(18-5-2)14(11-13)10-12(3)16/h6-7,11-12H,4-5,8-10,16H2,1-3H3. The number of nitrogens with two attached hydrogens (primary N) is 1. The van der Waals surface area contributed by atoms with Crippen molar-refractivity contribution in [2.24, 2.45) is 5.73 Å². The molecule has 0 spiro atoms. The fourth-order valence-electron chi connectivity index (χ4n) is 1.93. The minimum Gasteiger partial charge on any atom is -0.494 e.